The zero-order chi connectivity index (χ0) is 23.1. The third-order valence-corrected chi connectivity index (χ3v) is 6.46. The summed E-state index contributed by atoms with van der Waals surface area (Å²) in [5, 5.41) is 11.7. The molecule has 1 aliphatic heterocycles. The highest BCUT2D eigenvalue weighted by Gasteiger charge is 2.34. The summed E-state index contributed by atoms with van der Waals surface area (Å²) in [6.45, 7) is 4.08. The minimum atomic E-state index is -0.464. The van der Waals surface area contributed by atoms with Crippen molar-refractivity contribution in [3.8, 4) is 0 Å². The van der Waals surface area contributed by atoms with E-state index in [1.165, 1.54) is 28.4 Å². The monoisotopic (exact) mass is 454 g/mol. The molecule has 7 nitrogen and oxygen atoms in total. The standard InChI is InChI=1S/C25H18N4O3S/c1-15-11-20-22(12-16(15)2)33-25(27-20)28-23(18-8-4-3-5-9-18)26-21(24(28)30)14-17-7-6-10-19(13-17)29(31)32/h3-14H,1-2H3. The number of nitrogens with zero attached hydrogens (tertiary/aromatic N) is 4. The van der Waals surface area contributed by atoms with Gasteiger partial charge in [0, 0.05) is 17.7 Å². The Hall–Kier alpha value is -4.17. The molecule has 0 bridgehead atoms. The van der Waals surface area contributed by atoms with Crippen molar-refractivity contribution in [2.24, 2.45) is 4.99 Å². The Balaban J connectivity index is 1.63. The minimum Gasteiger partial charge on any atom is -0.266 e. The van der Waals surface area contributed by atoms with Crippen LogP contribution in [0.3, 0.4) is 0 Å². The van der Waals surface area contributed by atoms with Gasteiger partial charge in [-0.1, -0.05) is 53.8 Å². The van der Waals surface area contributed by atoms with Gasteiger partial charge >= 0.3 is 0 Å². The van der Waals surface area contributed by atoms with E-state index in [9.17, 15) is 14.9 Å². The van der Waals surface area contributed by atoms with Gasteiger partial charge in [0.05, 0.1) is 15.1 Å². The maximum atomic E-state index is 13.5. The molecule has 33 heavy (non-hydrogen) atoms. The summed E-state index contributed by atoms with van der Waals surface area (Å²) in [5.41, 5.74) is 4.58. The van der Waals surface area contributed by atoms with Crippen molar-refractivity contribution in [3.05, 3.63) is 105 Å². The van der Waals surface area contributed by atoms with Crippen LogP contribution in [0.5, 0.6) is 0 Å². The van der Waals surface area contributed by atoms with Crippen molar-refractivity contribution < 1.29 is 9.72 Å². The predicted molar refractivity (Wildman–Crippen MR) is 131 cm³/mol. The number of nitro benzene ring substituents is 1. The normalized spacial score (nSPS) is 14.8. The van der Waals surface area contributed by atoms with Crippen LogP contribution >= 0.6 is 11.3 Å². The molecule has 162 valence electrons. The van der Waals surface area contributed by atoms with Gasteiger partial charge in [-0.15, -0.1) is 0 Å². The smallest absolute Gasteiger partial charge is 0.266 e. The molecule has 3 aromatic carbocycles. The molecule has 0 aliphatic carbocycles. The van der Waals surface area contributed by atoms with E-state index in [1.807, 2.05) is 50.2 Å². The van der Waals surface area contributed by atoms with E-state index in [1.54, 1.807) is 18.2 Å². The maximum Gasteiger partial charge on any atom is 0.284 e. The molecule has 0 saturated heterocycles. The van der Waals surface area contributed by atoms with Crippen LogP contribution in [-0.4, -0.2) is 21.7 Å². The number of nitro groups is 1. The van der Waals surface area contributed by atoms with E-state index in [0.717, 1.165) is 26.9 Å². The quantitative estimate of drug-likeness (QED) is 0.226. The third kappa shape index (κ3) is 3.81. The molecule has 0 saturated carbocycles. The lowest BCUT2D eigenvalue weighted by atomic mass is 10.1. The Labute approximate surface area is 193 Å². The molecule has 2 heterocycles. The Morgan fingerprint density at radius 2 is 1.76 bits per heavy atom. The van der Waals surface area contributed by atoms with Gasteiger partial charge in [-0.25, -0.2) is 14.9 Å². The average molecular weight is 455 g/mol. The lowest BCUT2D eigenvalue weighted by molar-refractivity contribution is -0.384. The van der Waals surface area contributed by atoms with Crippen LogP contribution in [0.4, 0.5) is 10.8 Å². The summed E-state index contributed by atoms with van der Waals surface area (Å²) in [4.78, 5) is 35.0. The van der Waals surface area contributed by atoms with E-state index in [-0.39, 0.29) is 17.3 Å². The number of hydrogen-bond acceptors (Lipinski definition) is 6. The number of amidine groups is 1. The number of fused-ring (bicyclic) bond motifs is 1. The largest absolute Gasteiger partial charge is 0.284 e. The summed E-state index contributed by atoms with van der Waals surface area (Å²) >= 11 is 1.43. The maximum absolute atomic E-state index is 13.5. The topological polar surface area (TPSA) is 88.7 Å². The van der Waals surface area contributed by atoms with Gasteiger partial charge in [0.1, 0.15) is 11.5 Å². The summed E-state index contributed by atoms with van der Waals surface area (Å²) in [6.07, 6.45) is 1.57. The Morgan fingerprint density at radius 1 is 1.00 bits per heavy atom. The Bertz CT molecular complexity index is 1450. The molecule has 1 amide bonds. The van der Waals surface area contributed by atoms with Crippen LogP contribution in [0.15, 0.2) is 77.4 Å². The first kappa shape index (κ1) is 20.7. The first-order valence-corrected chi connectivity index (χ1v) is 11.0. The van der Waals surface area contributed by atoms with E-state index < -0.39 is 4.92 Å². The number of carbonyl (C=O) groups is 1. The fourth-order valence-electron chi connectivity index (χ4n) is 3.62. The number of carbonyl (C=O) groups excluding carboxylic acids is 1. The first-order chi connectivity index (χ1) is 15.9. The number of aromatic nitrogens is 1. The lowest BCUT2D eigenvalue weighted by Gasteiger charge is -2.14. The molecule has 0 radical (unpaired) electrons. The van der Waals surface area contributed by atoms with Crippen LogP contribution in [-0.2, 0) is 4.79 Å². The van der Waals surface area contributed by atoms with Gasteiger partial charge < -0.3 is 0 Å². The molecule has 0 N–H and O–H groups in total. The van der Waals surface area contributed by atoms with Gasteiger partial charge in [0.2, 0.25) is 0 Å². The number of benzene rings is 3. The number of anilines is 1. The van der Waals surface area contributed by atoms with E-state index in [4.69, 9.17) is 4.98 Å². The van der Waals surface area contributed by atoms with Crippen molar-refractivity contribution in [1.82, 2.24) is 4.98 Å². The van der Waals surface area contributed by atoms with Gasteiger partial charge in [0.15, 0.2) is 5.13 Å². The van der Waals surface area contributed by atoms with Gasteiger partial charge in [-0.2, -0.15) is 0 Å². The number of non-ortho nitro benzene ring substituents is 1. The van der Waals surface area contributed by atoms with Crippen molar-refractivity contribution >= 4 is 50.2 Å². The molecule has 5 rings (SSSR count). The second-order valence-corrected chi connectivity index (χ2v) is 8.73. The highest BCUT2D eigenvalue weighted by Crippen LogP contribution is 2.35. The number of aryl methyl sites for hydroxylation is 2. The number of thiazole rings is 1. The van der Waals surface area contributed by atoms with Gasteiger partial charge in [0.25, 0.3) is 11.6 Å². The van der Waals surface area contributed by atoms with Crippen LogP contribution in [0, 0.1) is 24.0 Å². The average Bonchev–Trinajstić information content (AvgIpc) is 3.35. The highest BCUT2D eigenvalue weighted by atomic mass is 32.1. The van der Waals surface area contributed by atoms with E-state index >= 15 is 0 Å². The van der Waals surface area contributed by atoms with Crippen LogP contribution in [0.1, 0.15) is 22.3 Å². The van der Waals surface area contributed by atoms with Crippen LogP contribution < -0.4 is 4.90 Å². The molecule has 4 aromatic rings. The Kier molecular flexibility index (Phi) is 5.07. The predicted octanol–water partition coefficient (Wildman–Crippen LogP) is 5.66. The fourth-order valence-corrected chi connectivity index (χ4v) is 4.67. The van der Waals surface area contributed by atoms with Crippen molar-refractivity contribution in [2.75, 3.05) is 4.90 Å². The van der Waals surface area contributed by atoms with E-state index in [2.05, 4.69) is 11.1 Å². The first-order valence-electron chi connectivity index (χ1n) is 10.2. The molecule has 8 heteroatoms. The molecular weight excluding hydrogens is 436 g/mol. The number of rotatable bonds is 4. The summed E-state index contributed by atoms with van der Waals surface area (Å²) in [5.74, 6) is 0.151. The van der Waals surface area contributed by atoms with Crippen LogP contribution in [0.2, 0.25) is 0 Å². The van der Waals surface area contributed by atoms with E-state index in [0.29, 0.717) is 16.5 Å². The fraction of sp³-hybridized carbons (Fsp3) is 0.0800. The Morgan fingerprint density at radius 3 is 2.52 bits per heavy atom. The molecule has 1 aliphatic rings. The van der Waals surface area contributed by atoms with Crippen molar-refractivity contribution in [3.63, 3.8) is 0 Å². The van der Waals surface area contributed by atoms with Gasteiger partial charge in [-0.05, 0) is 48.7 Å². The molecule has 0 spiro atoms. The number of hydrogen-bond donors (Lipinski definition) is 0. The summed E-state index contributed by atoms with van der Waals surface area (Å²) < 4.78 is 0.990. The number of aliphatic imine (C=N–C) groups is 1. The highest BCUT2D eigenvalue weighted by molar-refractivity contribution is 7.22. The van der Waals surface area contributed by atoms with Crippen molar-refractivity contribution in [2.45, 2.75) is 13.8 Å². The van der Waals surface area contributed by atoms with Crippen LogP contribution in [0.25, 0.3) is 16.3 Å². The lowest BCUT2D eigenvalue weighted by Crippen LogP contribution is -2.32. The third-order valence-electron chi connectivity index (χ3n) is 5.46. The number of amides is 1. The zero-order valence-electron chi connectivity index (χ0n) is 17.9. The summed E-state index contributed by atoms with van der Waals surface area (Å²) in [6, 6.07) is 19.6. The molecule has 0 atom stereocenters. The molecule has 1 aromatic heterocycles. The zero-order valence-corrected chi connectivity index (χ0v) is 18.7. The minimum absolute atomic E-state index is 0.0455. The molecular formula is C25H18N4O3S. The SMILES string of the molecule is Cc1cc2nc(N3C(=O)C(=Cc4cccc([N+](=O)[O-])c4)N=C3c3ccccc3)sc2cc1C. The molecule has 0 unspecified atom stereocenters. The summed E-state index contributed by atoms with van der Waals surface area (Å²) in [7, 11) is 0. The van der Waals surface area contributed by atoms with Crippen molar-refractivity contribution in [1.29, 1.82) is 0 Å². The molecule has 0 fully saturated rings. The van der Waals surface area contributed by atoms with Gasteiger partial charge in [-0.3, -0.25) is 14.9 Å². The second kappa shape index (κ2) is 8.07. The second-order valence-electron chi connectivity index (χ2n) is 7.72.